The van der Waals surface area contributed by atoms with Crippen LogP contribution in [0.15, 0.2) is 82.4 Å². The molecule has 3 aromatic carbocycles. The standard InChI is InChI=1S/C23H19BrN2O3/c1-29-18-11-9-15(10-12-18)20-14-21(19-7-2-3-8-22(19)27)26(25-20)23(28)16-5-4-6-17(24)13-16/h2-13,21,27H,14H2,1H3. The van der Waals surface area contributed by atoms with Gasteiger partial charge < -0.3 is 9.84 Å². The molecule has 1 unspecified atom stereocenters. The van der Waals surface area contributed by atoms with Gasteiger partial charge in [-0.15, -0.1) is 0 Å². The Bertz CT molecular complexity index is 1080. The third-order valence-corrected chi connectivity index (χ3v) is 5.40. The van der Waals surface area contributed by atoms with Crippen molar-refractivity contribution in [3.63, 3.8) is 0 Å². The molecule has 0 saturated carbocycles. The lowest BCUT2D eigenvalue weighted by atomic mass is 9.97. The van der Waals surface area contributed by atoms with E-state index < -0.39 is 0 Å². The number of carbonyl (C=O) groups excluding carboxylic acids is 1. The zero-order valence-electron chi connectivity index (χ0n) is 15.7. The topological polar surface area (TPSA) is 62.1 Å². The van der Waals surface area contributed by atoms with Crippen LogP contribution in [0.4, 0.5) is 0 Å². The van der Waals surface area contributed by atoms with E-state index in [9.17, 15) is 9.90 Å². The summed E-state index contributed by atoms with van der Waals surface area (Å²) in [6, 6.07) is 21.5. The van der Waals surface area contributed by atoms with E-state index in [1.54, 1.807) is 31.4 Å². The number of hydrogen-bond acceptors (Lipinski definition) is 4. The van der Waals surface area contributed by atoms with Gasteiger partial charge in [-0.05, 0) is 54.1 Å². The van der Waals surface area contributed by atoms with Gasteiger partial charge in [0.1, 0.15) is 11.5 Å². The summed E-state index contributed by atoms with van der Waals surface area (Å²) in [6.07, 6.45) is 0.504. The van der Waals surface area contributed by atoms with Gasteiger partial charge in [0.25, 0.3) is 5.91 Å². The molecule has 3 aromatic rings. The molecule has 0 saturated heterocycles. The van der Waals surface area contributed by atoms with Gasteiger partial charge in [-0.1, -0.05) is 40.2 Å². The highest BCUT2D eigenvalue weighted by molar-refractivity contribution is 9.10. The van der Waals surface area contributed by atoms with E-state index in [2.05, 4.69) is 21.0 Å². The quantitative estimate of drug-likeness (QED) is 0.597. The first-order chi connectivity index (χ1) is 14.1. The molecule has 4 rings (SSSR count). The molecule has 1 aliphatic heterocycles. The molecule has 0 bridgehead atoms. The Morgan fingerprint density at radius 2 is 1.86 bits per heavy atom. The van der Waals surface area contributed by atoms with Crippen LogP contribution in [0.2, 0.25) is 0 Å². The second-order valence-electron chi connectivity index (χ2n) is 6.71. The molecule has 1 N–H and O–H groups in total. The molecule has 29 heavy (non-hydrogen) atoms. The normalized spacial score (nSPS) is 15.9. The van der Waals surface area contributed by atoms with Crippen LogP contribution >= 0.6 is 15.9 Å². The van der Waals surface area contributed by atoms with Crippen LogP contribution in [0.5, 0.6) is 11.5 Å². The molecule has 1 amide bonds. The van der Waals surface area contributed by atoms with Crippen molar-refractivity contribution >= 4 is 27.5 Å². The van der Waals surface area contributed by atoms with E-state index in [4.69, 9.17) is 4.74 Å². The lowest BCUT2D eigenvalue weighted by Crippen LogP contribution is -2.27. The summed E-state index contributed by atoms with van der Waals surface area (Å²) in [5.41, 5.74) is 2.89. The number of ether oxygens (including phenoxy) is 1. The third-order valence-electron chi connectivity index (χ3n) is 4.91. The van der Waals surface area contributed by atoms with E-state index in [0.29, 0.717) is 17.5 Å². The minimum absolute atomic E-state index is 0.149. The number of para-hydroxylation sites is 1. The average molecular weight is 451 g/mol. The van der Waals surface area contributed by atoms with Crippen LogP contribution in [-0.4, -0.2) is 28.8 Å². The number of methoxy groups -OCH3 is 1. The molecule has 1 heterocycles. The first kappa shape index (κ1) is 19.2. The molecular formula is C23H19BrN2O3. The fraction of sp³-hybridized carbons (Fsp3) is 0.130. The van der Waals surface area contributed by atoms with E-state index in [-0.39, 0.29) is 17.7 Å². The number of hydrazone groups is 1. The summed E-state index contributed by atoms with van der Waals surface area (Å²) < 4.78 is 6.04. The molecule has 6 heteroatoms. The zero-order chi connectivity index (χ0) is 20.4. The lowest BCUT2D eigenvalue weighted by Gasteiger charge is -2.22. The fourth-order valence-corrected chi connectivity index (χ4v) is 3.82. The Hall–Kier alpha value is -3.12. The second-order valence-corrected chi connectivity index (χ2v) is 7.63. The molecule has 1 aliphatic rings. The van der Waals surface area contributed by atoms with Gasteiger partial charge in [0, 0.05) is 22.0 Å². The zero-order valence-corrected chi connectivity index (χ0v) is 17.3. The lowest BCUT2D eigenvalue weighted by molar-refractivity contribution is 0.0709. The Kier molecular flexibility index (Phi) is 5.36. The van der Waals surface area contributed by atoms with E-state index in [1.807, 2.05) is 48.5 Å². The van der Waals surface area contributed by atoms with Gasteiger partial charge in [0.2, 0.25) is 0 Å². The Morgan fingerprint density at radius 1 is 1.10 bits per heavy atom. The number of halogens is 1. The molecule has 1 atom stereocenters. The van der Waals surface area contributed by atoms with Crippen molar-refractivity contribution in [3.8, 4) is 11.5 Å². The number of amides is 1. The molecule has 0 aromatic heterocycles. The van der Waals surface area contributed by atoms with Gasteiger partial charge in [0.15, 0.2) is 0 Å². The second kappa shape index (κ2) is 8.09. The number of aromatic hydroxyl groups is 1. The summed E-state index contributed by atoms with van der Waals surface area (Å²) in [7, 11) is 1.62. The summed E-state index contributed by atoms with van der Waals surface area (Å²) in [4.78, 5) is 13.3. The summed E-state index contributed by atoms with van der Waals surface area (Å²) in [6.45, 7) is 0. The van der Waals surface area contributed by atoms with E-state index >= 15 is 0 Å². The maximum atomic E-state index is 13.3. The summed E-state index contributed by atoms with van der Waals surface area (Å²) in [5.74, 6) is 0.686. The average Bonchev–Trinajstić information content (AvgIpc) is 3.18. The third kappa shape index (κ3) is 3.89. The van der Waals surface area contributed by atoms with Gasteiger partial charge in [0.05, 0.1) is 18.9 Å². The maximum absolute atomic E-state index is 13.3. The van der Waals surface area contributed by atoms with E-state index in [0.717, 1.165) is 21.5 Å². The van der Waals surface area contributed by atoms with Crippen molar-refractivity contribution in [2.24, 2.45) is 5.10 Å². The van der Waals surface area contributed by atoms with Crippen molar-refractivity contribution in [2.75, 3.05) is 7.11 Å². The Balaban J connectivity index is 1.74. The molecular weight excluding hydrogens is 432 g/mol. The van der Waals surface area contributed by atoms with Crippen molar-refractivity contribution < 1.29 is 14.6 Å². The number of carbonyl (C=O) groups is 1. The highest BCUT2D eigenvalue weighted by Gasteiger charge is 2.35. The van der Waals surface area contributed by atoms with Gasteiger partial charge in [-0.25, -0.2) is 5.01 Å². The molecule has 0 aliphatic carbocycles. The highest BCUT2D eigenvalue weighted by Crippen LogP contribution is 2.38. The first-order valence-corrected chi connectivity index (χ1v) is 9.95. The monoisotopic (exact) mass is 450 g/mol. The summed E-state index contributed by atoms with van der Waals surface area (Å²) >= 11 is 3.41. The minimum Gasteiger partial charge on any atom is -0.508 e. The predicted molar refractivity (Wildman–Crippen MR) is 115 cm³/mol. The molecule has 146 valence electrons. The van der Waals surface area contributed by atoms with Crippen LogP contribution in [0, 0.1) is 0 Å². The van der Waals surface area contributed by atoms with Gasteiger partial charge in [-0.2, -0.15) is 5.10 Å². The fourth-order valence-electron chi connectivity index (χ4n) is 3.42. The van der Waals surface area contributed by atoms with Gasteiger partial charge in [-0.3, -0.25) is 4.79 Å². The largest absolute Gasteiger partial charge is 0.508 e. The van der Waals surface area contributed by atoms with Gasteiger partial charge >= 0.3 is 0 Å². The number of nitrogens with zero attached hydrogens (tertiary/aromatic N) is 2. The SMILES string of the molecule is COc1ccc(C2=NN(C(=O)c3cccc(Br)c3)C(c3ccccc3O)C2)cc1. The van der Waals surface area contributed by atoms with Crippen molar-refractivity contribution in [1.82, 2.24) is 5.01 Å². The van der Waals surface area contributed by atoms with Crippen LogP contribution in [0.3, 0.4) is 0 Å². The maximum Gasteiger partial charge on any atom is 0.274 e. The molecule has 0 radical (unpaired) electrons. The van der Waals surface area contributed by atoms with Crippen LogP contribution in [-0.2, 0) is 0 Å². The number of hydrogen-bond donors (Lipinski definition) is 1. The first-order valence-electron chi connectivity index (χ1n) is 9.16. The van der Waals surface area contributed by atoms with Crippen LogP contribution in [0.1, 0.15) is 33.9 Å². The van der Waals surface area contributed by atoms with Crippen molar-refractivity contribution in [1.29, 1.82) is 0 Å². The number of benzene rings is 3. The van der Waals surface area contributed by atoms with E-state index in [1.165, 1.54) is 5.01 Å². The molecule has 0 fully saturated rings. The summed E-state index contributed by atoms with van der Waals surface area (Å²) in [5, 5.41) is 16.5. The highest BCUT2D eigenvalue weighted by atomic mass is 79.9. The number of phenols is 1. The minimum atomic E-state index is -0.389. The number of phenolic OH excluding ortho intramolecular Hbond substituents is 1. The predicted octanol–water partition coefficient (Wildman–Crippen LogP) is 5.15. The molecule has 5 nitrogen and oxygen atoms in total. The molecule has 0 spiro atoms. The van der Waals surface area contributed by atoms with Crippen molar-refractivity contribution in [2.45, 2.75) is 12.5 Å². The number of rotatable bonds is 4. The Labute approximate surface area is 177 Å². The Morgan fingerprint density at radius 3 is 2.55 bits per heavy atom. The van der Waals surface area contributed by atoms with Crippen LogP contribution in [0.25, 0.3) is 0 Å². The van der Waals surface area contributed by atoms with Crippen molar-refractivity contribution in [3.05, 3.63) is 94.0 Å². The van der Waals surface area contributed by atoms with Crippen LogP contribution < -0.4 is 4.74 Å². The smallest absolute Gasteiger partial charge is 0.274 e.